The van der Waals surface area contributed by atoms with Crippen molar-refractivity contribution in [2.24, 2.45) is 5.73 Å². The summed E-state index contributed by atoms with van der Waals surface area (Å²) in [6, 6.07) is 6.43. The molecular formula is C15H17FN4. The predicted octanol–water partition coefficient (Wildman–Crippen LogP) is 2.22. The molecule has 0 bridgehead atoms. The normalized spacial score (nSPS) is 12.1. The summed E-state index contributed by atoms with van der Waals surface area (Å²) >= 11 is 0. The number of hydrogen-bond donors (Lipinski definition) is 1. The summed E-state index contributed by atoms with van der Waals surface area (Å²) in [7, 11) is 0. The maximum absolute atomic E-state index is 13.8. The maximum atomic E-state index is 13.8. The molecule has 0 saturated heterocycles. The number of hydrogen-bond acceptors (Lipinski definition) is 3. The second-order valence-electron chi connectivity index (χ2n) is 4.76. The van der Waals surface area contributed by atoms with Crippen molar-refractivity contribution in [1.82, 2.24) is 9.55 Å². The Kier molecular flexibility index (Phi) is 4.49. The van der Waals surface area contributed by atoms with E-state index in [2.05, 4.69) is 4.98 Å². The Morgan fingerprint density at radius 1 is 1.50 bits per heavy atom. The van der Waals surface area contributed by atoms with Crippen LogP contribution >= 0.6 is 0 Å². The zero-order valence-corrected chi connectivity index (χ0v) is 11.4. The Bertz CT molecular complexity index is 627. The fourth-order valence-electron chi connectivity index (χ4n) is 2.00. The number of nitrogens with zero attached hydrogens (tertiary/aromatic N) is 3. The van der Waals surface area contributed by atoms with Gasteiger partial charge in [-0.05, 0) is 24.6 Å². The minimum atomic E-state index is -0.316. The van der Waals surface area contributed by atoms with Crippen molar-refractivity contribution < 1.29 is 4.39 Å². The Morgan fingerprint density at radius 3 is 3.00 bits per heavy atom. The number of benzene rings is 1. The van der Waals surface area contributed by atoms with Gasteiger partial charge in [-0.3, -0.25) is 0 Å². The van der Waals surface area contributed by atoms with Gasteiger partial charge >= 0.3 is 0 Å². The van der Waals surface area contributed by atoms with E-state index in [9.17, 15) is 4.39 Å². The molecule has 1 unspecified atom stereocenters. The Hall–Kier alpha value is -2.19. The minimum Gasteiger partial charge on any atom is -0.330 e. The van der Waals surface area contributed by atoms with Crippen LogP contribution in [0.5, 0.6) is 0 Å². The third-order valence-corrected chi connectivity index (χ3v) is 3.29. The van der Waals surface area contributed by atoms with Crippen molar-refractivity contribution in [3.63, 3.8) is 0 Å². The number of nitrogens with two attached hydrogens (primary N) is 1. The van der Waals surface area contributed by atoms with Crippen molar-refractivity contribution in [2.45, 2.75) is 32.4 Å². The summed E-state index contributed by atoms with van der Waals surface area (Å²) in [5.41, 5.74) is 6.86. The molecule has 0 spiro atoms. The highest BCUT2D eigenvalue weighted by molar-refractivity contribution is 5.34. The number of halogens is 1. The lowest BCUT2D eigenvalue weighted by Gasteiger charge is -2.12. The highest BCUT2D eigenvalue weighted by Gasteiger charge is 2.10. The van der Waals surface area contributed by atoms with Crippen LogP contribution in [-0.2, 0) is 13.0 Å². The lowest BCUT2D eigenvalue weighted by atomic mass is 10.1. The zero-order valence-electron chi connectivity index (χ0n) is 11.4. The summed E-state index contributed by atoms with van der Waals surface area (Å²) < 4.78 is 15.7. The van der Waals surface area contributed by atoms with Crippen LogP contribution < -0.4 is 5.73 Å². The lowest BCUT2D eigenvalue weighted by molar-refractivity contribution is 0.575. The zero-order chi connectivity index (χ0) is 14.5. The van der Waals surface area contributed by atoms with E-state index in [0.717, 1.165) is 12.2 Å². The molecule has 2 aromatic rings. The van der Waals surface area contributed by atoms with Crippen LogP contribution in [0.1, 0.15) is 30.3 Å². The first-order valence-electron chi connectivity index (χ1n) is 6.58. The van der Waals surface area contributed by atoms with Gasteiger partial charge in [-0.2, -0.15) is 5.26 Å². The fraction of sp³-hybridized carbons (Fsp3) is 0.333. The minimum absolute atomic E-state index is 0.0476. The first-order chi connectivity index (χ1) is 9.63. The molecule has 0 aliphatic heterocycles. The maximum Gasteiger partial charge on any atom is 0.128 e. The first-order valence-corrected chi connectivity index (χ1v) is 6.58. The van der Waals surface area contributed by atoms with Crippen molar-refractivity contribution >= 4 is 0 Å². The van der Waals surface area contributed by atoms with E-state index in [1.54, 1.807) is 18.5 Å². The van der Waals surface area contributed by atoms with Gasteiger partial charge in [-0.15, -0.1) is 0 Å². The predicted molar refractivity (Wildman–Crippen MR) is 74.4 cm³/mol. The molecule has 104 valence electrons. The quantitative estimate of drug-likeness (QED) is 0.907. The van der Waals surface area contributed by atoms with Crippen LogP contribution in [0, 0.1) is 17.1 Å². The summed E-state index contributed by atoms with van der Waals surface area (Å²) in [5.74, 6) is 0.518. The molecule has 0 radical (unpaired) electrons. The lowest BCUT2D eigenvalue weighted by Crippen LogP contribution is -2.23. The smallest absolute Gasteiger partial charge is 0.128 e. The topological polar surface area (TPSA) is 67.6 Å². The van der Waals surface area contributed by atoms with Crippen LogP contribution in [0.2, 0.25) is 0 Å². The van der Waals surface area contributed by atoms with E-state index >= 15 is 0 Å². The number of imidazole rings is 1. The van der Waals surface area contributed by atoms with Crippen LogP contribution in [0.4, 0.5) is 4.39 Å². The molecule has 0 amide bonds. The highest BCUT2D eigenvalue weighted by atomic mass is 19.1. The Balaban J connectivity index is 2.23. The van der Waals surface area contributed by atoms with Crippen LogP contribution in [-0.4, -0.2) is 15.6 Å². The molecule has 2 N–H and O–H groups in total. The van der Waals surface area contributed by atoms with E-state index in [1.807, 2.05) is 17.6 Å². The highest BCUT2D eigenvalue weighted by Crippen LogP contribution is 2.13. The standard InChI is InChI=1S/C15H17FN4/c1-2-13(18)8-15-19-5-6-20(15)10-12-7-11(9-17)3-4-14(12)16/h3-7,13H,2,8,10,18H2,1H3. The van der Waals surface area contributed by atoms with Gasteiger partial charge in [0.2, 0.25) is 0 Å². The van der Waals surface area contributed by atoms with Crippen molar-refractivity contribution in [3.05, 3.63) is 53.4 Å². The molecular weight excluding hydrogens is 255 g/mol. The molecule has 0 saturated carbocycles. The van der Waals surface area contributed by atoms with Crippen LogP contribution in [0.15, 0.2) is 30.6 Å². The molecule has 20 heavy (non-hydrogen) atoms. The molecule has 0 aliphatic carbocycles. The number of aromatic nitrogens is 2. The van der Waals surface area contributed by atoms with Crippen molar-refractivity contribution in [1.29, 1.82) is 5.26 Å². The van der Waals surface area contributed by atoms with Gasteiger partial charge in [0.1, 0.15) is 11.6 Å². The van der Waals surface area contributed by atoms with Gasteiger partial charge in [-0.25, -0.2) is 9.37 Å². The van der Waals surface area contributed by atoms with Gasteiger partial charge in [0.15, 0.2) is 0 Å². The molecule has 1 atom stereocenters. The Morgan fingerprint density at radius 2 is 2.30 bits per heavy atom. The fourth-order valence-corrected chi connectivity index (χ4v) is 2.00. The summed E-state index contributed by atoms with van der Waals surface area (Å²) in [5, 5.41) is 8.88. The second-order valence-corrected chi connectivity index (χ2v) is 4.76. The van der Waals surface area contributed by atoms with Crippen LogP contribution in [0.25, 0.3) is 0 Å². The van der Waals surface area contributed by atoms with E-state index in [1.165, 1.54) is 12.1 Å². The molecule has 0 aliphatic rings. The molecule has 4 nitrogen and oxygen atoms in total. The third kappa shape index (κ3) is 3.22. The average Bonchev–Trinajstić information content (AvgIpc) is 2.88. The van der Waals surface area contributed by atoms with Gasteiger partial charge in [0.25, 0.3) is 0 Å². The van der Waals surface area contributed by atoms with Crippen molar-refractivity contribution in [2.75, 3.05) is 0 Å². The summed E-state index contributed by atoms with van der Waals surface area (Å²) in [6.07, 6.45) is 5.01. The first kappa shape index (κ1) is 14.2. The molecule has 0 fully saturated rings. The molecule has 1 aromatic carbocycles. The number of nitriles is 1. The molecule has 2 rings (SSSR count). The second kappa shape index (κ2) is 6.31. The number of rotatable bonds is 5. The summed E-state index contributed by atoms with van der Waals surface area (Å²) in [4.78, 5) is 4.27. The largest absolute Gasteiger partial charge is 0.330 e. The molecule has 1 heterocycles. The monoisotopic (exact) mass is 272 g/mol. The Labute approximate surface area is 117 Å². The van der Waals surface area contributed by atoms with Gasteiger partial charge in [0.05, 0.1) is 18.2 Å². The van der Waals surface area contributed by atoms with Crippen LogP contribution in [0.3, 0.4) is 0 Å². The van der Waals surface area contributed by atoms with Gasteiger partial charge < -0.3 is 10.3 Å². The van der Waals surface area contributed by atoms with Gasteiger partial charge in [-0.1, -0.05) is 6.92 Å². The summed E-state index contributed by atoms with van der Waals surface area (Å²) in [6.45, 7) is 2.38. The van der Waals surface area contributed by atoms with E-state index < -0.39 is 0 Å². The van der Waals surface area contributed by atoms with E-state index in [4.69, 9.17) is 11.0 Å². The average molecular weight is 272 g/mol. The third-order valence-electron chi connectivity index (χ3n) is 3.29. The molecule has 1 aromatic heterocycles. The van der Waals surface area contributed by atoms with Crippen molar-refractivity contribution in [3.8, 4) is 6.07 Å². The SMILES string of the molecule is CCC(N)Cc1nccn1Cc1cc(C#N)ccc1F. The van der Waals surface area contributed by atoms with E-state index in [-0.39, 0.29) is 11.9 Å². The molecule has 5 heteroatoms. The van der Waals surface area contributed by atoms with E-state index in [0.29, 0.717) is 24.1 Å². The van der Waals surface area contributed by atoms with Gasteiger partial charge in [0, 0.05) is 30.4 Å².